The lowest BCUT2D eigenvalue weighted by atomic mass is 9.86. The van der Waals surface area contributed by atoms with Gasteiger partial charge in [-0.2, -0.15) is 0 Å². The summed E-state index contributed by atoms with van der Waals surface area (Å²) in [5, 5.41) is 6.17. The fraction of sp³-hybridized carbons (Fsp3) is 0.364. The van der Waals surface area contributed by atoms with Gasteiger partial charge in [-0.1, -0.05) is 22.0 Å². The van der Waals surface area contributed by atoms with Crippen LogP contribution in [0.4, 0.5) is 4.39 Å². The highest BCUT2D eigenvalue weighted by Crippen LogP contribution is 2.39. The normalized spacial score (nSPS) is 19.7. The smallest absolute Gasteiger partial charge is 0.336 e. The van der Waals surface area contributed by atoms with Gasteiger partial charge in [0.05, 0.1) is 31.1 Å². The van der Waals surface area contributed by atoms with Crippen molar-refractivity contribution in [3.63, 3.8) is 0 Å². The highest BCUT2D eigenvalue weighted by molar-refractivity contribution is 9.10. The summed E-state index contributed by atoms with van der Waals surface area (Å²) in [5.41, 5.74) is 2.92. The van der Waals surface area contributed by atoms with E-state index in [1.807, 2.05) is 11.5 Å². The second kappa shape index (κ2) is 10.0. The number of morpholine rings is 1. The summed E-state index contributed by atoms with van der Waals surface area (Å²) >= 11 is 5.00. The third-order valence-electron chi connectivity index (χ3n) is 5.20. The zero-order valence-electron chi connectivity index (χ0n) is 17.1. The van der Waals surface area contributed by atoms with Crippen LogP contribution in [0.5, 0.6) is 0 Å². The number of rotatable bonds is 6. The molecule has 0 amide bonds. The molecule has 0 bridgehead atoms. The molecule has 4 rings (SSSR count). The number of esters is 1. The Bertz CT molecular complexity index is 1000. The van der Waals surface area contributed by atoms with Crippen LogP contribution >= 0.6 is 27.3 Å². The van der Waals surface area contributed by atoms with Gasteiger partial charge in [-0.3, -0.25) is 4.90 Å². The number of hydrogen-bond acceptors (Lipinski definition) is 7. The fourth-order valence-corrected chi connectivity index (χ4v) is 4.97. The average molecular weight is 508 g/mol. The van der Waals surface area contributed by atoms with Crippen LogP contribution < -0.4 is 5.32 Å². The van der Waals surface area contributed by atoms with Gasteiger partial charge in [0.25, 0.3) is 0 Å². The molecule has 1 aromatic heterocycles. The summed E-state index contributed by atoms with van der Waals surface area (Å²) in [6.45, 7) is 5.48. The van der Waals surface area contributed by atoms with Crippen molar-refractivity contribution < 1.29 is 18.7 Å². The topological polar surface area (TPSA) is 63.7 Å². The van der Waals surface area contributed by atoms with Crippen molar-refractivity contribution >= 4 is 38.9 Å². The molecule has 2 aromatic rings. The van der Waals surface area contributed by atoms with Gasteiger partial charge < -0.3 is 14.8 Å². The molecule has 1 N–H and O–H groups in total. The quantitative estimate of drug-likeness (QED) is 0.597. The predicted octanol–water partition coefficient (Wildman–Crippen LogP) is 3.92. The van der Waals surface area contributed by atoms with Crippen LogP contribution in [0.15, 0.2) is 51.6 Å². The lowest BCUT2D eigenvalue weighted by Gasteiger charge is -2.33. The molecular weight excluding hydrogens is 485 g/mol. The van der Waals surface area contributed by atoms with E-state index in [4.69, 9.17) is 9.47 Å². The van der Waals surface area contributed by atoms with Crippen molar-refractivity contribution in [1.82, 2.24) is 15.2 Å². The van der Waals surface area contributed by atoms with E-state index in [0.717, 1.165) is 35.1 Å². The minimum atomic E-state index is -0.412. The second-order valence-electron chi connectivity index (χ2n) is 7.19. The van der Waals surface area contributed by atoms with Gasteiger partial charge in [-0.15, -0.1) is 11.3 Å². The number of thiazole rings is 1. The number of aromatic nitrogens is 1. The van der Waals surface area contributed by atoms with E-state index in [1.54, 1.807) is 19.2 Å². The van der Waals surface area contributed by atoms with E-state index < -0.39 is 5.92 Å². The Morgan fingerprint density at radius 1 is 1.42 bits per heavy atom. The molecule has 0 aliphatic carbocycles. The average Bonchev–Trinajstić information content (AvgIpc) is 3.29. The number of dihydropyridines is 1. The summed E-state index contributed by atoms with van der Waals surface area (Å²) in [6.07, 6.45) is 3.71. The van der Waals surface area contributed by atoms with Crippen LogP contribution in [0.2, 0.25) is 0 Å². The molecule has 2 aliphatic heterocycles. The molecule has 0 saturated carbocycles. The monoisotopic (exact) mass is 507 g/mol. The lowest BCUT2D eigenvalue weighted by molar-refractivity contribution is -0.138. The zero-order chi connectivity index (χ0) is 21.8. The molecule has 6 nitrogen and oxygen atoms in total. The predicted molar refractivity (Wildman–Crippen MR) is 121 cm³/mol. The van der Waals surface area contributed by atoms with E-state index in [1.165, 1.54) is 23.5 Å². The molecule has 31 heavy (non-hydrogen) atoms. The number of nitrogens with zero attached hydrogens (tertiary/aromatic N) is 2. The summed E-state index contributed by atoms with van der Waals surface area (Å²) < 4.78 is 25.3. The molecule has 1 atom stereocenters. The van der Waals surface area contributed by atoms with E-state index in [-0.39, 0.29) is 18.4 Å². The molecule has 0 spiro atoms. The summed E-state index contributed by atoms with van der Waals surface area (Å²) in [4.78, 5) is 19.8. The largest absolute Gasteiger partial charge is 0.463 e. The van der Waals surface area contributed by atoms with Gasteiger partial charge in [0, 0.05) is 47.3 Å². The molecule has 1 fully saturated rings. The SMILES string of the molecule is CCOC(=O)C1=C(CN2CCOCC2)NC(c2nccs2)=CC1c1ccc(F)cc1Br. The Morgan fingerprint density at radius 2 is 2.23 bits per heavy atom. The highest BCUT2D eigenvalue weighted by atomic mass is 79.9. The third-order valence-corrected chi connectivity index (χ3v) is 6.69. The summed E-state index contributed by atoms with van der Waals surface area (Å²) in [5.74, 6) is -1.14. The molecule has 2 aliphatic rings. The number of nitrogens with one attached hydrogen (secondary N) is 1. The number of allylic oxidation sites excluding steroid dienone is 1. The van der Waals surface area contributed by atoms with Gasteiger partial charge in [-0.05, 0) is 30.7 Å². The van der Waals surface area contributed by atoms with Crippen molar-refractivity contribution in [2.45, 2.75) is 12.8 Å². The van der Waals surface area contributed by atoms with Gasteiger partial charge in [0.15, 0.2) is 0 Å². The Kier molecular flexibility index (Phi) is 7.16. The van der Waals surface area contributed by atoms with Crippen LogP contribution in [-0.2, 0) is 14.3 Å². The number of halogens is 2. The van der Waals surface area contributed by atoms with Gasteiger partial charge >= 0.3 is 5.97 Å². The van der Waals surface area contributed by atoms with Crippen LogP contribution in [0.3, 0.4) is 0 Å². The maximum atomic E-state index is 13.8. The first-order chi connectivity index (χ1) is 15.1. The molecule has 1 aromatic carbocycles. The minimum Gasteiger partial charge on any atom is -0.463 e. The van der Waals surface area contributed by atoms with Crippen molar-refractivity contribution in [1.29, 1.82) is 0 Å². The van der Waals surface area contributed by atoms with Crippen LogP contribution in [0, 0.1) is 5.82 Å². The molecule has 0 radical (unpaired) electrons. The maximum Gasteiger partial charge on any atom is 0.336 e. The third kappa shape index (κ3) is 5.06. The number of ether oxygens (including phenoxy) is 2. The van der Waals surface area contributed by atoms with Gasteiger partial charge in [0.1, 0.15) is 10.8 Å². The van der Waals surface area contributed by atoms with Crippen LogP contribution in [0.1, 0.15) is 23.4 Å². The number of hydrogen-bond donors (Lipinski definition) is 1. The maximum absolute atomic E-state index is 13.8. The number of carbonyl (C=O) groups is 1. The zero-order valence-corrected chi connectivity index (χ0v) is 19.5. The Labute approximate surface area is 192 Å². The van der Waals surface area contributed by atoms with Crippen LogP contribution in [-0.4, -0.2) is 55.3 Å². The second-order valence-corrected chi connectivity index (χ2v) is 8.94. The first-order valence-electron chi connectivity index (χ1n) is 10.1. The van der Waals surface area contributed by atoms with Crippen LogP contribution in [0.25, 0.3) is 5.70 Å². The first-order valence-corrected chi connectivity index (χ1v) is 11.8. The molecule has 164 valence electrons. The molecule has 3 heterocycles. The Morgan fingerprint density at radius 3 is 2.90 bits per heavy atom. The fourth-order valence-electron chi connectivity index (χ4n) is 3.76. The summed E-state index contributed by atoms with van der Waals surface area (Å²) in [7, 11) is 0. The molecule has 1 saturated heterocycles. The van der Waals surface area contributed by atoms with Gasteiger partial charge in [-0.25, -0.2) is 14.2 Å². The van der Waals surface area contributed by atoms with E-state index in [0.29, 0.717) is 29.8 Å². The standard InChI is InChI=1S/C22H23BrFN3O3S/c1-2-30-22(28)20-16(15-4-3-14(24)11-17(15)23)12-18(21-25-5-10-31-21)26-19(20)13-27-6-8-29-9-7-27/h3-5,10-12,16,26H,2,6-9,13H2,1H3. The van der Waals surface area contributed by atoms with Gasteiger partial charge in [0.2, 0.25) is 0 Å². The highest BCUT2D eigenvalue weighted by Gasteiger charge is 2.33. The Hall–Kier alpha value is -2.07. The number of carbonyl (C=O) groups excluding carboxylic acids is 1. The molecule has 1 unspecified atom stereocenters. The number of benzene rings is 1. The van der Waals surface area contributed by atoms with E-state index in [9.17, 15) is 9.18 Å². The van der Waals surface area contributed by atoms with E-state index in [2.05, 4.69) is 31.1 Å². The lowest BCUT2D eigenvalue weighted by Crippen LogP contribution is -2.41. The minimum absolute atomic E-state index is 0.271. The van der Waals surface area contributed by atoms with Crippen molar-refractivity contribution in [2.75, 3.05) is 39.5 Å². The van der Waals surface area contributed by atoms with Crippen molar-refractivity contribution in [2.24, 2.45) is 0 Å². The Balaban J connectivity index is 1.81. The van der Waals surface area contributed by atoms with E-state index >= 15 is 0 Å². The molecule has 9 heteroatoms. The van der Waals surface area contributed by atoms with Crippen molar-refractivity contribution in [3.8, 4) is 0 Å². The van der Waals surface area contributed by atoms with Crippen molar-refractivity contribution in [3.05, 3.63) is 68.0 Å². The first kappa shape index (κ1) is 22.1. The summed E-state index contributed by atoms with van der Waals surface area (Å²) in [6, 6.07) is 4.53. The molecular formula is C22H23BrFN3O3S.